The first-order valence-electron chi connectivity index (χ1n) is 9.19. The number of benzene rings is 3. The molecule has 4 rings (SSSR count). The van der Waals surface area contributed by atoms with Crippen LogP contribution in [0.5, 0.6) is 0 Å². The molecule has 2 atom stereocenters. The molecule has 3 aromatic carbocycles. The largest absolute Gasteiger partial charge is 0.417 e. The summed E-state index contributed by atoms with van der Waals surface area (Å²) in [7, 11) is 0. The van der Waals surface area contributed by atoms with Gasteiger partial charge < -0.3 is 11.5 Å². The molecule has 0 radical (unpaired) electrons. The number of hydrogen-bond donors (Lipinski definition) is 2. The van der Waals surface area contributed by atoms with Crippen LogP contribution in [0.2, 0.25) is 0 Å². The SMILES string of the molecule is Nc1ccc2c(c1)C(F)C(F)c1cc(-c3ccc(N)cc3C(F)(F)F)c(C(F)(F)F)cc1-2. The first-order chi connectivity index (χ1) is 14.8. The van der Waals surface area contributed by atoms with Gasteiger partial charge in [-0.1, -0.05) is 12.1 Å². The summed E-state index contributed by atoms with van der Waals surface area (Å²) in [6.45, 7) is 0. The highest BCUT2D eigenvalue weighted by atomic mass is 19.4. The molecule has 3 aromatic rings. The van der Waals surface area contributed by atoms with E-state index in [2.05, 4.69) is 0 Å². The van der Waals surface area contributed by atoms with Gasteiger partial charge in [0.2, 0.25) is 0 Å². The lowest BCUT2D eigenvalue weighted by atomic mass is 9.79. The molecule has 10 heteroatoms. The third kappa shape index (κ3) is 3.53. The predicted molar refractivity (Wildman–Crippen MR) is 104 cm³/mol. The average molecular weight is 458 g/mol. The number of rotatable bonds is 1. The molecule has 1 aliphatic carbocycles. The summed E-state index contributed by atoms with van der Waals surface area (Å²) in [5.74, 6) is 0. The Morgan fingerprint density at radius 1 is 0.531 bits per heavy atom. The number of nitrogens with two attached hydrogens (primary N) is 2. The molecule has 0 saturated heterocycles. The van der Waals surface area contributed by atoms with Crippen LogP contribution in [0.4, 0.5) is 46.5 Å². The summed E-state index contributed by atoms with van der Waals surface area (Å²) in [4.78, 5) is 0. The molecular formula is C22H14F8N2. The second-order valence-corrected chi connectivity index (χ2v) is 7.44. The molecule has 2 unspecified atom stereocenters. The molecule has 0 spiro atoms. The molecule has 4 N–H and O–H groups in total. The van der Waals surface area contributed by atoms with Gasteiger partial charge in [0, 0.05) is 11.4 Å². The minimum atomic E-state index is -5.08. The number of halogens is 8. The van der Waals surface area contributed by atoms with Gasteiger partial charge in [-0.15, -0.1) is 0 Å². The zero-order valence-corrected chi connectivity index (χ0v) is 16.0. The van der Waals surface area contributed by atoms with Crippen molar-refractivity contribution in [1.29, 1.82) is 0 Å². The molecule has 2 nitrogen and oxygen atoms in total. The van der Waals surface area contributed by atoms with E-state index in [9.17, 15) is 35.1 Å². The van der Waals surface area contributed by atoms with Crippen LogP contribution in [-0.4, -0.2) is 0 Å². The molecular weight excluding hydrogens is 444 g/mol. The summed E-state index contributed by atoms with van der Waals surface area (Å²) in [6.07, 6.45) is -14.8. The average Bonchev–Trinajstić information content (AvgIpc) is 2.70. The quantitative estimate of drug-likeness (QED) is 0.298. The van der Waals surface area contributed by atoms with E-state index >= 15 is 0 Å². The monoisotopic (exact) mass is 458 g/mol. The Balaban J connectivity index is 2.08. The lowest BCUT2D eigenvalue weighted by Gasteiger charge is -2.29. The Labute approximate surface area is 176 Å². The molecule has 0 fully saturated rings. The van der Waals surface area contributed by atoms with Crippen LogP contribution in [0.3, 0.4) is 0 Å². The van der Waals surface area contributed by atoms with Gasteiger partial charge in [0.1, 0.15) is 0 Å². The summed E-state index contributed by atoms with van der Waals surface area (Å²) in [5, 5.41) is 0. The fourth-order valence-electron chi connectivity index (χ4n) is 3.94. The van der Waals surface area contributed by atoms with Gasteiger partial charge in [-0.05, 0) is 69.8 Å². The topological polar surface area (TPSA) is 52.0 Å². The lowest BCUT2D eigenvalue weighted by Crippen LogP contribution is -2.16. The number of anilines is 2. The molecule has 0 amide bonds. The third-order valence-corrected chi connectivity index (χ3v) is 5.35. The number of fused-ring (bicyclic) bond motifs is 3. The predicted octanol–water partition coefficient (Wildman–Crippen LogP) is 7.26. The van der Waals surface area contributed by atoms with E-state index < -0.39 is 52.5 Å². The van der Waals surface area contributed by atoms with Crippen molar-refractivity contribution in [2.75, 3.05) is 11.5 Å². The van der Waals surface area contributed by atoms with Crippen LogP contribution in [0, 0.1) is 0 Å². The highest BCUT2D eigenvalue weighted by Crippen LogP contribution is 2.53. The Kier molecular flexibility index (Phi) is 4.87. The van der Waals surface area contributed by atoms with Crippen molar-refractivity contribution in [3.8, 4) is 22.3 Å². The minimum absolute atomic E-state index is 0.0130. The Morgan fingerprint density at radius 2 is 1.00 bits per heavy atom. The molecule has 32 heavy (non-hydrogen) atoms. The molecule has 168 valence electrons. The van der Waals surface area contributed by atoms with E-state index in [1.807, 2.05) is 0 Å². The molecule has 0 saturated carbocycles. The third-order valence-electron chi connectivity index (χ3n) is 5.35. The molecule has 0 bridgehead atoms. The van der Waals surface area contributed by atoms with Gasteiger partial charge in [-0.25, -0.2) is 8.78 Å². The zero-order chi connectivity index (χ0) is 23.6. The molecule has 0 heterocycles. The van der Waals surface area contributed by atoms with Gasteiger partial charge in [-0.3, -0.25) is 0 Å². The molecule has 1 aliphatic rings. The summed E-state index contributed by atoms with van der Waals surface area (Å²) >= 11 is 0. The normalized spacial score (nSPS) is 18.2. The first-order valence-corrected chi connectivity index (χ1v) is 9.19. The van der Waals surface area contributed by atoms with Crippen molar-refractivity contribution < 1.29 is 35.1 Å². The van der Waals surface area contributed by atoms with E-state index in [0.29, 0.717) is 18.2 Å². The number of alkyl halides is 8. The van der Waals surface area contributed by atoms with E-state index in [0.717, 1.165) is 18.2 Å². The van der Waals surface area contributed by atoms with Gasteiger partial charge in [-0.2, -0.15) is 26.3 Å². The van der Waals surface area contributed by atoms with Crippen LogP contribution in [0.15, 0.2) is 48.5 Å². The highest BCUT2D eigenvalue weighted by Gasteiger charge is 2.42. The van der Waals surface area contributed by atoms with Crippen molar-refractivity contribution in [2.24, 2.45) is 0 Å². The second kappa shape index (κ2) is 7.11. The first kappa shape index (κ1) is 21.9. The summed E-state index contributed by atoms with van der Waals surface area (Å²) in [5.41, 5.74) is 5.19. The number of hydrogen-bond acceptors (Lipinski definition) is 2. The molecule has 0 aliphatic heterocycles. The Bertz CT molecular complexity index is 1210. The second-order valence-electron chi connectivity index (χ2n) is 7.44. The molecule has 0 aromatic heterocycles. The number of nitrogen functional groups attached to an aromatic ring is 2. The standard InChI is InChI=1S/C22H14F8N2/c23-19-15-5-9(31)1-3-11(15)13-8-18(22(28,29)30)14(7-16(13)20(19)24)12-4-2-10(32)6-17(12)21(25,26)27/h1-8,19-20H,31-32H2. The van der Waals surface area contributed by atoms with Crippen LogP contribution in [0.25, 0.3) is 22.3 Å². The van der Waals surface area contributed by atoms with Crippen LogP contribution in [0.1, 0.15) is 34.6 Å². The maximum Gasteiger partial charge on any atom is 0.417 e. The van der Waals surface area contributed by atoms with Crippen molar-refractivity contribution >= 4 is 11.4 Å². The van der Waals surface area contributed by atoms with Crippen LogP contribution >= 0.6 is 0 Å². The van der Waals surface area contributed by atoms with Gasteiger partial charge in [0.15, 0.2) is 12.3 Å². The Morgan fingerprint density at radius 3 is 1.56 bits per heavy atom. The van der Waals surface area contributed by atoms with E-state index in [4.69, 9.17) is 11.5 Å². The van der Waals surface area contributed by atoms with Crippen molar-refractivity contribution in [2.45, 2.75) is 24.7 Å². The maximum atomic E-state index is 15.0. The van der Waals surface area contributed by atoms with E-state index in [1.54, 1.807) is 0 Å². The maximum absolute atomic E-state index is 15.0. The van der Waals surface area contributed by atoms with Crippen LogP contribution < -0.4 is 11.5 Å². The smallest absolute Gasteiger partial charge is 0.399 e. The van der Waals surface area contributed by atoms with Gasteiger partial charge in [0.05, 0.1) is 11.1 Å². The summed E-state index contributed by atoms with van der Waals surface area (Å²) in [6, 6.07) is 7.17. The van der Waals surface area contributed by atoms with Crippen molar-refractivity contribution in [3.63, 3.8) is 0 Å². The van der Waals surface area contributed by atoms with E-state index in [1.165, 1.54) is 12.1 Å². The van der Waals surface area contributed by atoms with Crippen molar-refractivity contribution in [1.82, 2.24) is 0 Å². The Hall–Kier alpha value is -3.30. The van der Waals surface area contributed by atoms with Gasteiger partial charge >= 0.3 is 12.4 Å². The minimum Gasteiger partial charge on any atom is -0.399 e. The zero-order valence-electron chi connectivity index (χ0n) is 16.0. The fourth-order valence-corrected chi connectivity index (χ4v) is 3.94. The lowest BCUT2D eigenvalue weighted by molar-refractivity contribution is -0.139. The van der Waals surface area contributed by atoms with Gasteiger partial charge in [0.25, 0.3) is 0 Å². The fraction of sp³-hybridized carbons (Fsp3) is 0.182. The van der Waals surface area contributed by atoms with Crippen molar-refractivity contribution in [3.05, 3.63) is 70.8 Å². The summed E-state index contributed by atoms with van der Waals surface area (Å²) < 4.78 is 112. The highest BCUT2D eigenvalue weighted by molar-refractivity contribution is 5.83. The van der Waals surface area contributed by atoms with Crippen LogP contribution in [-0.2, 0) is 12.4 Å². The van der Waals surface area contributed by atoms with E-state index in [-0.39, 0.29) is 28.1 Å².